The number of carbonyl (C=O) groups is 1. The highest BCUT2D eigenvalue weighted by atomic mass is 16.6. The first-order valence-electron chi connectivity index (χ1n) is 20.0. The van der Waals surface area contributed by atoms with E-state index in [1.165, 1.54) is 0 Å². The first-order chi connectivity index (χ1) is 25.5. The van der Waals surface area contributed by atoms with Crippen molar-refractivity contribution in [2.75, 3.05) is 46.2 Å². The van der Waals surface area contributed by atoms with Crippen LogP contribution in [0, 0.1) is 0 Å². The van der Waals surface area contributed by atoms with Crippen LogP contribution in [0.1, 0.15) is 119 Å². The molecule has 0 saturated heterocycles. The average Bonchev–Trinajstić information content (AvgIpc) is 3.15. The number of rotatable bonds is 26. The van der Waals surface area contributed by atoms with E-state index in [0.29, 0.717) is 56.9 Å². The van der Waals surface area contributed by atoms with Gasteiger partial charge in [-0.25, -0.2) is 4.79 Å². The zero-order chi connectivity index (χ0) is 37.1. The molecule has 0 unspecified atom stereocenters. The lowest BCUT2D eigenvalue weighted by Crippen LogP contribution is -2.16. The van der Waals surface area contributed by atoms with Crippen LogP contribution in [0.25, 0.3) is 32.3 Å². The van der Waals surface area contributed by atoms with Gasteiger partial charge in [-0.1, -0.05) is 80.1 Å². The van der Waals surface area contributed by atoms with Crippen LogP contribution in [-0.4, -0.2) is 52.2 Å². The molecule has 8 heteroatoms. The highest BCUT2D eigenvalue weighted by Gasteiger charge is 2.21. The van der Waals surface area contributed by atoms with Crippen molar-refractivity contribution in [1.82, 2.24) is 0 Å². The van der Waals surface area contributed by atoms with Gasteiger partial charge >= 0.3 is 5.97 Å². The van der Waals surface area contributed by atoms with Crippen molar-refractivity contribution in [3.05, 3.63) is 36.4 Å². The molecule has 0 aliphatic heterocycles. The van der Waals surface area contributed by atoms with E-state index in [-0.39, 0.29) is 6.61 Å². The summed E-state index contributed by atoms with van der Waals surface area (Å²) in [6.45, 7) is 15.9. The smallest absolute Gasteiger partial charge is 0.344 e. The summed E-state index contributed by atoms with van der Waals surface area (Å²) in [4.78, 5) is 12.7. The Balaban J connectivity index is 2.01. The van der Waals surface area contributed by atoms with Crippen LogP contribution in [0.2, 0.25) is 0 Å². The van der Waals surface area contributed by atoms with E-state index >= 15 is 0 Å². The number of fused-ring (bicyclic) bond motifs is 6. The Hall–Kier alpha value is -4.07. The highest BCUT2D eigenvalue weighted by molar-refractivity contribution is 6.26. The van der Waals surface area contributed by atoms with Gasteiger partial charge in [-0.3, -0.25) is 0 Å². The summed E-state index contributed by atoms with van der Waals surface area (Å²) >= 11 is 0. The van der Waals surface area contributed by atoms with Crippen molar-refractivity contribution in [2.24, 2.45) is 0 Å². The maximum absolute atomic E-state index is 12.7. The van der Waals surface area contributed by atoms with E-state index in [0.717, 1.165) is 127 Å². The van der Waals surface area contributed by atoms with Crippen LogP contribution in [-0.2, 0) is 9.53 Å². The molecule has 4 rings (SSSR count). The molecule has 0 aromatic heterocycles. The second-order valence-corrected chi connectivity index (χ2v) is 13.4. The van der Waals surface area contributed by atoms with E-state index in [2.05, 4.69) is 65.8 Å². The van der Waals surface area contributed by atoms with Crippen LogP contribution in [0.5, 0.6) is 34.5 Å². The predicted molar refractivity (Wildman–Crippen MR) is 212 cm³/mol. The van der Waals surface area contributed by atoms with Gasteiger partial charge in [-0.2, -0.15) is 0 Å². The minimum atomic E-state index is -0.402. The third-order valence-electron chi connectivity index (χ3n) is 9.01. The van der Waals surface area contributed by atoms with Crippen molar-refractivity contribution in [2.45, 2.75) is 119 Å². The van der Waals surface area contributed by atoms with Gasteiger partial charge in [0.25, 0.3) is 0 Å². The Kier molecular flexibility index (Phi) is 17.3. The van der Waals surface area contributed by atoms with Gasteiger partial charge in [0.15, 0.2) is 41.1 Å². The molecular formula is C44H62O8. The number of carbonyl (C=O) groups excluding carboxylic acids is 1. The van der Waals surface area contributed by atoms with Crippen molar-refractivity contribution in [1.29, 1.82) is 0 Å². The van der Waals surface area contributed by atoms with Crippen LogP contribution < -0.4 is 28.4 Å². The van der Waals surface area contributed by atoms with Crippen LogP contribution in [0.15, 0.2) is 36.4 Å². The second-order valence-electron chi connectivity index (χ2n) is 13.4. The Morgan fingerprint density at radius 1 is 0.365 bits per heavy atom. The van der Waals surface area contributed by atoms with Gasteiger partial charge in [0.2, 0.25) is 0 Å². The summed E-state index contributed by atoms with van der Waals surface area (Å²) in [7, 11) is 0. The largest absolute Gasteiger partial charge is 0.490 e. The van der Waals surface area contributed by atoms with Crippen LogP contribution >= 0.6 is 0 Å². The van der Waals surface area contributed by atoms with Gasteiger partial charge < -0.3 is 33.2 Å². The molecule has 0 heterocycles. The molecule has 0 fully saturated rings. The summed E-state index contributed by atoms with van der Waals surface area (Å²) < 4.78 is 43.6. The summed E-state index contributed by atoms with van der Waals surface area (Å²) in [6, 6.07) is 12.5. The summed E-state index contributed by atoms with van der Waals surface area (Å²) in [5.41, 5.74) is 0. The topological polar surface area (TPSA) is 81.7 Å². The Bertz CT molecular complexity index is 1650. The molecule has 0 radical (unpaired) electrons. The fourth-order valence-electron chi connectivity index (χ4n) is 5.83. The van der Waals surface area contributed by atoms with Crippen molar-refractivity contribution in [3.63, 3.8) is 0 Å². The van der Waals surface area contributed by atoms with Gasteiger partial charge in [-0.15, -0.1) is 0 Å². The zero-order valence-electron chi connectivity index (χ0n) is 32.7. The average molecular weight is 719 g/mol. The van der Waals surface area contributed by atoms with E-state index in [4.69, 9.17) is 33.2 Å². The molecular weight excluding hydrogens is 656 g/mol. The summed E-state index contributed by atoms with van der Waals surface area (Å²) in [6.07, 6.45) is 11.5. The van der Waals surface area contributed by atoms with Crippen LogP contribution in [0.3, 0.4) is 0 Å². The van der Waals surface area contributed by atoms with Gasteiger partial charge in [0.1, 0.15) is 0 Å². The van der Waals surface area contributed by atoms with E-state index in [1.807, 2.05) is 12.1 Å². The number of benzene rings is 4. The maximum Gasteiger partial charge on any atom is 0.344 e. The molecule has 4 aromatic carbocycles. The number of hydrogen-bond acceptors (Lipinski definition) is 8. The Morgan fingerprint density at radius 2 is 0.596 bits per heavy atom. The maximum atomic E-state index is 12.7. The van der Waals surface area contributed by atoms with Crippen LogP contribution in [0.4, 0.5) is 0 Å². The molecule has 0 atom stereocenters. The quantitative estimate of drug-likeness (QED) is 0.0360. The number of hydrogen-bond donors (Lipinski definition) is 0. The molecule has 4 aromatic rings. The lowest BCUT2D eigenvalue weighted by atomic mass is 9.93. The lowest BCUT2D eigenvalue weighted by molar-refractivity contribution is -0.146. The second kappa shape index (κ2) is 22.1. The molecule has 0 N–H and O–H groups in total. The minimum Gasteiger partial charge on any atom is -0.490 e. The first-order valence-corrected chi connectivity index (χ1v) is 20.0. The third kappa shape index (κ3) is 11.2. The molecule has 0 saturated carbocycles. The highest BCUT2D eigenvalue weighted by Crippen LogP contribution is 2.47. The zero-order valence-corrected chi connectivity index (χ0v) is 32.7. The summed E-state index contributed by atoms with van der Waals surface area (Å²) in [5, 5.41) is 5.92. The summed E-state index contributed by atoms with van der Waals surface area (Å²) in [5.74, 6) is 3.56. The van der Waals surface area contributed by atoms with E-state index in [1.54, 1.807) is 0 Å². The molecule has 0 amide bonds. The minimum absolute atomic E-state index is 0.209. The standard InChI is InChI=1S/C44H62O8/c1-7-13-19-46-38-25-32-33-26-39(47-20-14-8-2)41(49-22-16-10-4)28-35(33)37-30-43(52-31-44(45)51-24-18-12-6)42(50-23-17-11-5)29-36(37)34(32)27-40(38)48-21-15-9-3/h25-30H,7-24,31H2,1-6H3. The first kappa shape index (κ1) is 40.7. The molecule has 0 bridgehead atoms. The Labute approximate surface area is 311 Å². The molecule has 0 aliphatic carbocycles. The molecule has 52 heavy (non-hydrogen) atoms. The molecule has 8 nitrogen and oxygen atoms in total. The lowest BCUT2D eigenvalue weighted by Gasteiger charge is -2.20. The predicted octanol–water partition coefficient (Wildman–Crippen LogP) is 11.8. The molecule has 0 aliphatic rings. The number of esters is 1. The van der Waals surface area contributed by atoms with E-state index in [9.17, 15) is 4.79 Å². The van der Waals surface area contributed by atoms with Crippen molar-refractivity contribution >= 4 is 38.3 Å². The fraction of sp³-hybridized carbons (Fsp3) is 0.568. The SMILES string of the molecule is CCCCOC(=O)COc1cc2c3cc(OCCCC)c(OCCCC)cc3c3cc(OCCCC)c(OCCCC)cc3c2cc1OCCCC. The number of ether oxygens (including phenoxy) is 7. The van der Waals surface area contributed by atoms with Crippen molar-refractivity contribution < 1.29 is 38.0 Å². The van der Waals surface area contributed by atoms with Gasteiger partial charge in [0.05, 0.1) is 39.6 Å². The van der Waals surface area contributed by atoms with E-state index < -0.39 is 5.97 Å². The monoisotopic (exact) mass is 718 g/mol. The van der Waals surface area contributed by atoms with Gasteiger partial charge in [-0.05, 0) is 107 Å². The van der Waals surface area contributed by atoms with Gasteiger partial charge in [0, 0.05) is 0 Å². The Morgan fingerprint density at radius 3 is 0.846 bits per heavy atom. The molecule has 0 spiro atoms. The normalized spacial score (nSPS) is 11.3. The molecule has 286 valence electrons. The number of unbranched alkanes of at least 4 members (excludes halogenated alkanes) is 6. The third-order valence-corrected chi connectivity index (χ3v) is 9.01. The fourth-order valence-corrected chi connectivity index (χ4v) is 5.83. The van der Waals surface area contributed by atoms with Crippen molar-refractivity contribution in [3.8, 4) is 34.5 Å².